The Morgan fingerprint density at radius 2 is 2.00 bits per heavy atom. The SMILES string of the molecule is CC(C)N1N=CN(CC(C)(C)C)C1F. The van der Waals surface area contributed by atoms with Gasteiger partial charge < -0.3 is 4.90 Å². The highest BCUT2D eigenvalue weighted by Gasteiger charge is 2.31. The summed E-state index contributed by atoms with van der Waals surface area (Å²) in [6.45, 7) is 10.8. The van der Waals surface area contributed by atoms with Gasteiger partial charge in [-0.25, -0.2) is 5.01 Å². The van der Waals surface area contributed by atoms with E-state index >= 15 is 0 Å². The molecule has 0 spiro atoms. The molecule has 0 amide bonds. The summed E-state index contributed by atoms with van der Waals surface area (Å²) < 4.78 is 13.8. The van der Waals surface area contributed by atoms with E-state index in [1.54, 1.807) is 11.2 Å². The average molecular weight is 201 g/mol. The molecule has 0 aromatic carbocycles. The van der Waals surface area contributed by atoms with Gasteiger partial charge >= 0.3 is 0 Å². The van der Waals surface area contributed by atoms with Crippen molar-refractivity contribution in [2.24, 2.45) is 10.5 Å². The Kier molecular flexibility index (Phi) is 3.02. The second kappa shape index (κ2) is 3.75. The third-order valence-electron chi connectivity index (χ3n) is 2.01. The molecule has 1 rings (SSSR count). The third-order valence-corrected chi connectivity index (χ3v) is 2.01. The molecular weight excluding hydrogens is 181 g/mol. The van der Waals surface area contributed by atoms with Crippen LogP contribution in [0.2, 0.25) is 0 Å². The monoisotopic (exact) mass is 201 g/mol. The lowest BCUT2D eigenvalue weighted by Gasteiger charge is -2.30. The predicted octanol–water partition coefficient (Wildman–Crippen LogP) is 2.25. The van der Waals surface area contributed by atoms with Gasteiger partial charge in [0.25, 0.3) is 6.42 Å². The van der Waals surface area contributed by atoms with Crippen LogP contribution in [0.4, 0.5) is 4.39 Å². The van der Waals surface area contributed by atoms with Crippen molar-refractivity contribution in [3.63, 3.8) is 0 Å². The molecule has 14 heavy (non-hydrogen) atoms. The molecule has 0 bridgehead atoms. The first-order valence-electron chi connectivity index (χ1n) is 5.03. The van der Waals surface area contributed by atoms with E-state index in [0.29, 0.717) is 6.54 Å². The van der Waals surface area contributed by atoms with Gasteiger partial charge in [-0.3, -0.25) is 0 Å². The van der Waals surface area contributed by atoms with Crippen LogP contribution in [0.5, 0.6) is 0 Å². The second-order valence-electron chi connectivity index (χ2n) is 5.25. The minimum atomic E-state index is -1.10. The Bertz CT molecular complexity index is 220. The van der Waals surface area contributed by atoms with E-state index in [-0.39, 0.29) is 11.5 Å². The van der Waals surface area contributed by atoms with Crippen molar-refractivity contribution in [2.75, 3.05) is 6.54 Å². The van der Waals surface area contributed by atoms with Crippen LogP contribution >= 0.6 is 0 Å². The summed E-state index contributed by atoms with van der Waals surface area (Å²) >= 11 is 0. The summed E-state index contributed by atoms with van der Waals surface area (Å²) in [7, 11) is 0. The molecule has 3 nitrogen and oxygen atoms in total. The zero-order valence-corrected chi connectivity index (χ0v) is 9.66. The highest BCUT2D eigenvalue weighted by atomic mass is 19.1. The molecule has 0 radical (unpaired) electrons. The molecule has 1 unspecified atom stereocenters. The minimum Gasteiger partial charge on any atom is -0.313 e. The molecular formula is C10H20FN3. The van der Waals surface area contributed by atoms with Crippen molar-refractivity contribution in [1.29, 1.82) is 0 Å². The van der Waals surface area contributed by atoms with Crippen molar-refractivity contribution >= 4 is 6.34 Å². The van der Waals surface area contributed by atoms with E-state index in [1.807, 2.05) is 13.8 Å². The summed E-state index contributed by atoms with van der Waals surface area (Å²) in [5.41, 5.74) is 0.0867. The second-order valence-corrected chi connectivity index (χ2v) is 5.25. The summed E-state index contributed by atoms with van der Waals surface area (Å²) in [5, 5.41) is 5.52. The van der Waals surface area contributed by atoms with Gasteiger partial charge in [0.1, 0.15) is 6.34 Å². The van der Waals surface area contributed by atoms with Gasteiger partial charge in [0.15, 0.2) is 0 Å². The predicted molar refractivity (Wildman–Crippen MR) is 56.5 cm³/mol. The van der Waals surface area contributed by atoms with Crippen LogP contribution < -0.4 is 0 Å². The van der Waals surface area contributed by atoms with Crippen LogP contribution in [0.25, 0.3) is 0 Å². The normalized spacial score (nSPS) is 22.6. The van der Waals surface area contributed by atoms with Crippen molar-refractivity contribution in [2.45, 2.75) is 47.1 Å². The van der Waals surface area contributed by atoms with Crippen molar-refractivity contribution in [3.05, 3.63) is 0 Å². The van der Waals surface area contributed by atoms with Crippen molar-refractivity contribution in [1.82, 2.24) is 9.91 Å². The largest absolute Gasteiger partial charge is 0.313 e. The highest BCUT2D eigenvalue weighted by molar-refractivity contribution is 5.56. The maximum absolute atomic E-state index is 13.8. The number of hydrogen-bond acceptors (Lipinski definition) is 3. The number of alkyl halides is 1. The Hall–Kier alpha value is -0.800. The number of halogens is 1. The van der Waals surface area contributed by atoms with Crippen molar-refractivity contribution < 1.29 is 4.39 Å². The zero-order chi connectivity index (χ0) is 10.9. The molecule has 0 fully saturated rings. The summed E-state index contributed by atoms with van der Waals surface area (Å²) in [6, 6.07) is 0.103. The molecule has 1 heterocycles. The van der Waals surface area contributed by atoms with E-state index in [9.17, 15) is 4.39 Å². The standard InChI is InChI=1S/C10H20FN3/c1-8(2)14-9(11)13(7-12-14)6-10(3,4)5/h7-9H,6H2,1-5H3. The zero-order valence-electron chi connectivity index (χ0n) is 9.66. The van der Waals surface area contributed by atoms with Crippen LogP contribution in [0.15, 0.2) is 5.10 Å². The van der Waals surface area contributed by atoms with Crippen LogP contribution in [0, 0.1) is 5.41 Å². The van der Waals surface area contributed by atoms with E-state index < -0.39 is 6.42 Å². The maximum Gasteiger partial charge on any atom is 0.265 e. The van der Waals surface area contributed by atoms with Gasteiger partial charge in [-0.1, -0.05) is 20.8 Å². The summed E-state index contributed by atoms with van der Waals surface area (Å²) in [4.78, 5) is 1.64. The molecule has 1 aliphatic heterocycles. The van der Waals surface area contributed by atoms with Crippen molar-refractivity contribution in [3.8, 4) is 0 Å². The van der Waals surface area contributed by atoms with Gasteiger partial charge in [0.2, 0.25) is 0 Å². The maximum atomic E-state index is 13.8. The Morgan fingerprint density at radius 1 is 1.43 bits per heavy atom. The first-order chi connectivity index (χ1) is 6.31. The molecule has 0 saturated carbocycles. The van der Waals surface area contributed by atoms with Gasteiger partial charge in [-0.2, -0.15) is 9.49 Å². The first kappa shape index (κ1) is 11.3. The van der Waals surface area contributed by atoms with Gasteiger partial charge in [-0.05, 0) is 19.3 Å². The lowest BCUT2D eigenvalue weighted by Crippen LogP contribution is -2.42. The quantitative estimate of drug-likeness (QED) is 0.638. The molecule has 1 aliphatic rings. The Labute approximate surface area is 85.6 Å². The molecule has 0 saturated heterocycles. The van der Waals surface area contributed by atoms with Crippen LogP contribution in [-0.4, -0.2) is 35.3 Å². The molecule has 0 aromatic heterocycles. The number of nitrogens with zero attached hydrogens (tertiary/aromatic N) is 3. The van der Waals surface area contributed by atoms with E-state index in [1.165, 1.54) is 5.01 Å². The smallest absolute Gasteiger partial charge is 0.265 e. The minimum absolute atomic E-state index is 0.0867. The molecule has 4 heteroatoms. The molecule has 1 atom stereocenters. The topological polar surface area (TPSA) is 18.8 Å². The molecule has 0 aliphatic carbocycles. The molecule has 82 valence electrons. The lowest BCUT2D eigenvalue weighted by molar-refractivity contribution is -0.0153. The lowest BCUT2D eigenvalue weighted by atomic mass is 9.96. The van der Waals surface area contributed by atoms with Crippen LogP contribution in [-0.2, 0) is 0 Å². The van der Waals surface area contributed by atoms with Crippen LogP contribution in [0.1, 0.15) is 34.6 Å². The fourth-order valence-corrected chi connectivity index (χ4v) is 1.43. The molecule has 0 aromatic rings. The Morgan fingerprint density at radius 3 is 2.36 bits per heavy atom. The van der Waals surface area contributed by atoms with Gasteiger partial charge in [0.05, 0.1) is 0 Å². The summed E-state index contributed by atoms with van der Waals surface area (Å²) in [5.74, 6) is 0. The fraction of sp³-hybridized carbons (Fsp3) is 0.900. The third kappa shape index (κ3) is 2.59. The van der Waals surface area contributed by atoms with Gasteiger partial charge in [0, 0.05) is 12.6 Å². The highest BCUT2D eigenvalue weighted by Crippen LogP contribution is 2.22. The average Bonchev–Trinajstić information content (AvgIpc) is 2.29. The van der Waals surface area contributed by atoms with E-state index in [0.717, 1.165) is 0 Å². The van der Waals surface area contributed by atoms with E-state index in [2.05, 4.69) is 25.9 Å². The first-order valence-corrected chi connectivity index (χ1v) is 5.03. The summed E-state index contributed by atoms with van der Waals surface area (Å²) in [6.07, 6.45) is 0.491. The fourth-order valence-electron chi connectivity index (χ4n) is 1.43. The Balaban J connectivity index is 2.57. The number of hydrazone groups is 1. The van der Waals surface area contributed by atoms with Gasteiger partial charge in [-0.15, -0.1) is 0 Å². The molecule has 0 N–H and O–H groups in total. The number of rotatable bonds is 2. The van der Waals surface area contributed by atoms with Crippen LogP contribution in [0.3, 0.4) is 0 Å². The van der Waals surface area contributed by atoms with E-state index in [4.69, 9.17) is 0 Å². The number of hydrogen-bond donors (Lipinski definition) is 0.